The third-order valence-corrected chi connectivity index (χ3v) is 3.13. The van der Waals surface area contributed by atoms with E-state index < -0.39 is 0 Å². The number of methoxy groups -OCH3 is 1. The van der Waals surface area contributed by atoms with Crippen LogP contribution in [0.15, 0.2) is 12.1 Å². The number of fused-ring (bicyclic) bond motifs is 1. The molecule has 1 amide bonds. The normalized spacial score (nSPS) is 13.3. The lowest BCUT2D eigenvalue weighted by molar-refractivity contribution is -0.115. The smallest absolute Gasteiger partial charge is 0.228 e. The minimum Gasteiger partial charge on any atom is -0.397 e. The van der Waals surface area contributed by atoms with E-state index >= 15 is 0 Å². The first-order chi connectivity index (χ1) is 8.61. The molecule has 1 aromatic carbocycles. The Kier molecular flexibility index (Phi) is 3.72. The van der Waals surface area contributed by atoms with Crippen molar-refractivity contribution in [2.45, 2.75) is 12.8 Å². The average molecular weight is 249 g/mol. The summed E-state index contributed by atoms with van der Waals surface area (Å²) in [6.07, 6.45) is 1.36. The van der Waals surface area contributed by atoms with Crippen LogP contribution in [0.4, 0.5) is 17.1 Å². The van der Waals surface area contributed by atoms with Crippen LogP contribution in [0.5, 0.6) is 0 Å². The predicted octanol–water partition coefficient (Wildman–Crippen LogP) is 1.24. The fraction of sp³-hybridized carbons (Fsp3) is 0.462. The number of ether oxygens (including phenoxy) is 1. The number of carbonyl (C=O) groups excluding carboxylic acids is 1. The minimum atomic E-state index is 0.0311. The molecule has 0 radical (unpaired) electrons. The fourth-order valence-corrected chi connectivity index (χ4v) is 2.18. The van der Waals surface area contributed by atoms with Crippen LogP contribution in [0.2, 0.25) is 0 Å². The van der Waals surface area contributed by atoms with Crippen LogP contribution in [0, 0.1) is 0 Å². The van der Waals surface area contributed by atoms with Crippen molar-refractivity contribution in [1.82, 2.24) is 0 Å². The van der Waals surface area contributed by atoms with Crippen molar-refractivity contribution in [1.29, 1.82) is 0 Å². The monoisotopic (exact) mass is 249 g/mol. The van der Waals surface area contributed by atoms with Crippen LogP contribution in [-0.4, -0.2) is 33.2 Å². The highest BCUT2D eigenvalue weighted by Crippen LogP contribution is 2.33. The number of hydrogen-bond donors (Lipinski definition) is 2. The molecule has 2 rings (SSSR count). The molecule has 18 heavy (non-hydrogen) atoms. The quantitative estimate of drug-likeness (QED) is 0.608. The van der Waals surface area contributed by atoms with Crippen LogP contribution in [0.3, 0.4) is 0 Å². The number of nitrogen functional groups attached to an aromatic ring is 1. The standard InChI is InChI=1S/C13H19N3O2/c1-16(4-3-5-18-2)12-8-11-9(6-10(12)14)7-13(17)15-11/h6,8H,3-5,7,14H2,1-2H3,(H,15,17). The summed E-state index contributed by atoms with van der Waals surface area (Å²) >= 11 is 0. The Hall–Kier alpha value is -1.75. The highest BCUT2D eigenvalue weighted by atomic mass is 16.5. The van der Waals surface area contributed by atoms with Gasteiger partial charge in [-0.05, 0) is 24.1 Å². The Morgan fingerprint density at radius 3 is 3.00 bits per heavy atom. The summed E-state index contributed by atoms with van der Waals surface area (Å²) in [5.41, 5.74) is 9.55. The molecule has 1 aromatic rings. The second-order valence-electron chi connectivity index (χ2n) is 4.56. The molecule has 0 saturated heterocycles. The Morgan fingerprint density at radius 1 is 1.50 bits per heavy atom. The Bertz CT molecular complexity index is 460. The summed E-state index contributed by atoms with van der Waals surface area (Å²) < 4.78 is 5.03. The number of amides is 1. The molecule has 0 bridgehead atoms. The zero-order valence-electron chi connectivity index (χ0n) is 10.8. The van der Waals surface area contributed by atoms with E-state index in [1.165, 1.54) is 0 Å². The molecule has 1 heterocycles. The van der Waals surface area contributed by atoms with Crippen LogP contribution < -0.4 is 16.0 Å². The molecule has 98 valence electrons. The SMILES string of the molecule is COCCCN(C)c1cc2c(cc1N)CC(=O)N2. The van der Waals surface area contributed by atoms with E-state index in [9.17, 15) is 4.79 Å². The Balaban J connectivity index is 2.14. The van der Waals surface area contributed by atoms with Crippen molar-refractivity contribution in [2.75, 3.05) is 43.3 Å². The average Bonchev–Trinajstić information content (AvgIpc) is 2.67. The van der Waals surface area contributed by atoms with E-state index in [0.29, 0.717) is 12.1 Å². The first kappa shape index (κ1) is 12.7. The number of carbonyl (C=O) groups is 1. The molecule has 0 spiro atoms. The summed E-state index contributed by atoms with van der Waals surface area (Å²) in [4.78, 5) is 13.4. The van der Waals surface area contributed by atoms with Crippen LogP contribution >= 0.6 is 0 Å². The Labute approximate surface area is 107 Å². The van der Waals surface area contributed by atoms with E-state index in [1.54, 1.807) is 7.11 Å². The Morgan fingerprint density at radius 2 is 2.28 bits per heavy atom. The lowest BCUT2D eigenvalue weighted by Crippen LogP contribution is -2.21. The molecule has 1 aliphatic heterocycles. The topological polar surface area (TPSA) is 67.6 Å². The van der Waals surface area contributed by atoms with E-state index in [4.69, 9.17) is 10.5 Å². The van der Waals surface area contributed by atoms with Crippen LogP contribution in [0.25, 0.3) is 0 Å². The van der Waals surface area contributed by atoms with Gasteiger partial charge in [-0.25, -0.2) is 0 Å². The number of hydrogen-bond acceptors (Lipinski definition) is 4. The predicted molar refractivity (Wildman–Crippen MR) is 73.0 cm³/mol. The van der Waals surface area contributed by atoms with Crippen LogP contribution in [0.1, 0.15) is 12.0 Å². The second-order valence-corrected chi connectivity index (χ2v) is 4.56. The van der Waals surface area contributed by atoms with Gasteiger partial charge in [-0.2, -0.15) is 0 Å². The first-order valence-corrected chi connectivity index (χ1v) is 6.04. The molecule has 5 heteroatoms. The fourth-order valence-electron chi connectivity index (χ4n) is 2.18. The molecule has 5 nitrogen and oxygen atoms in total. The molecular weight excluding hydrogens is 230 g/mol. The van der Waals surface area contributed by atoms with E-state index in [2.05, 4.69) is 10.2 Å². The highest BCUT2D eigenvalue weighted by molar-refractivity contribution is 6.00. The number of nitrogens with one attached hydrogen (secondary N) is 1. The summed E-state index contributed by atoms with van der Waals surface area (Å²) in [6.45, 7) is 1.59. The maximum atomic E-state index is 11.3. The van der Waals surface area contributed by atoms with Gasteiger partial charge in [0.15, 0.2) is 0 Å². The van der Waals surface area contributed by atoms with Crippen molar-refractivity contribution in [3.63, 3.8) is 0 Å². The summed E-state index contributed by atoms with van der Waals surface area (Å²) in [5, 5.41) is 2.84. The van der Waals surface area contributed by atoms with Gasteiger partial charge in [-0.3, -0.25) is 4.79 Å². The molecule has 0 aliphatic carbocycles. The molecule has 0 saturated carbocycles. The lowest BCUT2D eigenvalue weighted by atomic mass is 10.1. The molecular formula is C13H19N3O2. The van der Waals surface area contributed by atoms with E-state index in [1.807, 2.05) is 19.2 Å². The molecule has 3 N–H and O–H groups in total. The van der Waals surface area contributed by atoms with Crippen molar-refractivity contribution >= 4 is 23.0 Å². The number of nitrogens with two attached hydrogens (primary N) is 1. The summed E-state index contributed by atoms with van der Waals surface area (Å²) in [5.74, 6) is 0.0311. The van der Waals surface area contributed by atoms with E-state index in [0.717, 1.165) is 36.5 Å². The summed E-state index contributed by atoms with van der Waals surface area (Å²) in [6, 6.07) is 3.83. The van der Waals surface area contributed by atoms with E-state index in [-0.39, 0.29) is 5.91 Å². The van der Waals surface area contributed by atoms with Gasteiger partial charge < -0.3 is 20.7 Å². The van der Waals surface area contributed by atoms with Gasteiger partial charge in [-0.1, -0.05) is 0 Å². The van der Waals surface area contributed by atoms with Gasteiger partial charge in [0.2, 0.25) is 5.91 Å². The van der Waals surface area contributed by atoms with Crippen molar-refractivity contribution in [3.05, 3.63) is 17.7 Å². The van der Waals surface area contributed by atoms with Crippen LogP contribution in [-0.2, 0) is 16.0 Å². The van der Waals surface area contributed by atoms with Gasteiger partial charge in [0, 0.05) is 33.0 Å². The highest BCUT2D eigenvalue weighted by Gasteiger charge is 2.20. The molecule has 1 aliphatic rings. The van der Waals surface area contributed by atoms with Crippen molar-refractivity contribution in [3.8, 4) is 0 Å². The molecule has 0 unspecified atom stereocenters. The van der Waals surface area contributed by atoms with Gasteiger partial charge >= 0.3 is 0 Å². The molecule has 0 fully saturated rings. The second kappa shape index (κ2) is 5.27. The lowest BCUT2D eigenvalue weighted by Gasteiger charge is -2.21. The zero-order chi connectivity index (χ0) is 13.1. The summed E-state index contributed by atoms with van der Waals surface area (Å²) in [7, 11) is 3.68. The zero-order valence-corrected chi connectivity index (χ0v) is 10.8. The van der Waals surface area contributed by atoms with Gasteiger partial charge in [0.05, 0.1) is 17.8 Å². The maximum absolute atomic E-state index is 11.3. The number of benzene rings is 1. The molecule has 0 aromatic heterocycles. The van der Waals surface area contributed by atoms with Gasteiger partial charge in [0.1, 0.15) is 0 Å². The largest absolute Gasteiger partial charge is 0.397 e. The molecule has 0 atom stereocenters. The third-order valence-electron chi connectivity index (χ3n) is 3.13. The van der Waals surface area contributed by atoms with Crippen molar-refractivity contribution in [2.24, 2.45) is 0 Å². The first-order valence-electron chi connectivity index (χ1n) is 6.04. The number of anilines is 3. The van der Waals surface area contributed by atoms with Gasteiger partial charge in [-0.15, -0.1) is 0 Å². The maximum Gasteiger partial charge on any atom is 0.228 e. The third kappa shape index (κ3) is 2.56. The number of nitrogens with zero attached hydrogens (tertiary/aromatic N) is 1. The van der Waals surface area contributed by atoms with Gasteiger partial charge in [0.25, 0.3) is 0 Å². The minimum absolute atomic E-state index is 0.0311. The van der Waals surface area contributed by atoms with Crippen molar-refractivity contribution < 1.29 is 9.53 Å². The number of rotatable bonds is 5.